The second-order valence-electron chi connectivity index (χ2n) is 8.77. The fourth-order valence-electron chi connectivity index (χ4n) is 3.95. The number of carbonyl (C=O) groups excluding carboxylic acids is 2. The van der Waals surface area contributed by atoms with Gasteiger partial charge in [0.1, 0.15) is 0 Å². The molecule has 14 heteroatoms. The molecule has 4 aromatic rings. The lowest BCUT2D eigenvalue weighted by atomic mass is 10.1. The maximum Gasteiger partial charge on any atom is 0.399 e. The topological polar surface area (TPSA) is 104 Å². The molecule has 0 fully saturated rings. The van der Waals surface area contributed by atoms with Crippen molar-refractivity contribution in [3.8, 4) is 11.3 Å². The first kappa shape index (κ1) is 31.5. The number of thiazole rings is 1. The summed E-state index contributed by atoms with van der Waals surface area (Å²) in [5, 5.41) is 2.51. The van der Waals surface area contributed by atoms with E-state index in [9.17, 15) is 23.2 Å². The van der Waals surface area contributed by atoms with Crippen molar-refractivity contribution >= 4 is 57.6 Å². The van der Waals surface area contributed by atoms with Crippen molar-refractivity contribution in [3.05, 3.63) is 98.8 Å². The summed E-state index contributed by atoms with van der Waals surface area (Å²) in [5.41, 5.74) is 4.11. The van der Waals surface area contributed by atoms with Gasteiger partial charge in [0.05, 0.1) is 43.2 Å². The Hall–Kier alpha value is -3.48. The Kier molecular flexibility index (Phi) is 10.6. The van der Waals surface area contributed by atoms with Gasteiger partial charge < -0.3 is 14.4 Å². The third-order valence-corrected chi connectivity index (χ3v) is 8.80. The summed E-state index contributed by atoms with van der Waals surface area (Å²) in [6.45, 7) is 2.29. The number of methoxy groups -OCH3 is 1. The summed E-state index contributed by atoms with van der Waals surface area (Å²) in [7, 11) is -3.25. The predicted molar refractivity (Wildman–Crippen MR) is 157 cm³/mol. The van der Waals surface area contributed by atoms with Crippen LogP contribution in [0.4, 0.5) is 19.9 Å². The van der Waals surface area contributed by atoms with Crippen molar-refractivity contribution in [1.82, 2.24) is 4.98 Å². The van der Waals surface area contributed by atoms with E-state index in [1.807, 2.05) is 10.3 Å². The largest absolute Gasteiger partial charge is 0.465 e. The minimum Gasteiger partial charge on any atom is -0.465 e. The van der Waals surface area contributed by atoms with Gasteiger partial charge in [0.25, 0.3) is 0 Å². The van der Waals surface area contributed by atoms with Crippen molar-refractivity contribution in [1.29, 1.82) is 0 Å². The second kappa shape index (κ2) is 14.1. The van der Waals surface area contributed by atoms with Crippen LogP contribution in [0.5, 0.6) is 0 Å². The van der Waals surface area contributed by atoms with E-state index >= 15 is 0 Å². The normalized spacial score (nSPS) is 11.3. The Balaban J connectivity index is 1.66. The van der Waals surface area contributed by atoms with Gasteiger partial charge in [-0.1, -0.05) is 40.2 Å². The molecule has 0 saturated heterocycles. The molecule has 0 spiro atoms. The van der Waals surface area contributed by atoms with Crippen molar-refractivity contribution in [2.45, 2.75) is 19.6 Å². The first-order valence-corrected chi connectivity index (χ1v) is 15.8. The summed E-state index contributed by atoms with van der Waals surface area (Å²) in [6.07, 6.45) is -0.621. The zero-order valence-corrected chi connectivity index (χ0v) is 25.6. The monoisotopic (exact) mass is 680 g/mol. The van der Waals surface area contributed by atoms with Crippen LogP contribution >= 0.6 is 34.9 Å². The van der Waals surface area contributed by atoms with Gasteiger partial charge in [-0.15, -0.1) is 20.8 Å². The number of hydrogen-bond donors (Lipinski definition) is 0. The standard InChI is InChI=1S/C28H24BrF2N2O7PS/c1-3-38-27(35)21-10-12-23(13-11-21)33(15-18-4-5-22(24(29)14-18)16-41(36,39-30)40-31)28-32-25(17-42-28)19-6-8-20(9-7-19)26(34)37-2/h4-14,17H,3,15-16H2,1-2H3. The first-order valence-electron chi connectivity index (χ1n) is 12.4. The summed E-state index contributed by atoms with van der Waals surface area (Å²) in [4.78, 5) is 30.7. The maximum atomic E-state index is 12.6. The van der Waals surface area contributed by atoms with Gasteiger partial charge in [-0.2, -0.15) is 0 Å². The van der Waals surface area contributed by atoms with Gasteiger partial charge in [0.15, 0.2) is 5.13 Å². The third-order valence-electron chi connectivity index (χ3n) is 6.05. The Morgan fingerprint density at radius 2 is 1.62 bits per heavy atom. The number of benzene rings is 3. The highest BCUT2D eigenvalue weighted by Crippen LogP contribution is 2.53. The molecule has 0 unspecified atom stereocenters. The van der Waals surface area contributed by atoms with Gasteiger partial charge in [-0.3, -0.25) is 4.57 Å². The van der Waals surface area contributed by atoms with E-state index in [1.54, 1.807) is 73.7 Å². The van der Waals surface area contributed by atoms with Crippen LogP contribution in [-0.4, -0.2) is 30.6 Å². The van der Waals surface area contributed by atoms with Gasteiger partial charge in [-0.05, 0) is 69.6 Å². The first-order chi connectivity index (χ1) is 20.2. The lowest BCUT2D eigenvalue weighted by molar-refractivity contribution is -0.0881. The van der Waals surface area contributed by atoms with Gasteiger partial charge in [0, 0.05) is 21.1 Å². The summed E-state index contributed by atoms with van der Waals surface area (Å²) >= 11 is 4.75. The van der Waals surface area contributed by atoms with E-state index in [-0.39, 0.29) is 6.61 Å². The molecule has 0 saturated carbocycles. The van der Waals surface area contributed by atoms with E-state index in [1.165, 1.54) is 18.4 Å². The fraction of sp³-hybridized carbons (Fsp3) is 0.179. The van der Waals surface area contributed by atoms with Crippen LogP contribution in [0.15, 0.2) is 76.6 Å². The molecule has 0 N–H and O–H groups in total. The van der Waals surface area contributed by atoms with Crippen LogP contribution < -0.4 is 4.90 Å². The molecule has 220 valence electrons. The third kappa shape index (κ3) is 7.47. The Bertz CT molecular complexity index is 1590. The molecule has 9 nitrogen and oxygen atoms in total. The molecule has 0 amide bonds. The molecular formula is C28H24BrF2N2O7PS. The zero-order chi connectivity index (χ0) is 30.3. The number of aromatic nitrogens is 1. The molecule has 42 heavy (non-hydrogen) atoms. The number of esters is 2. The lowest BCUT2D eigenvalue weighted by Crippen LogP contribution is -2.17. The number of ether oxygens (including phenoxy) is 2. The van der Waals surface area contributed by atoms with Crippen LogP contribution in [0.3, 0.4) is 0 Å². The van der Waals surface area contributed by atoms with E-state index in [0.29, 0.717) is 38.5 Å². The SMILES string of the molecule is CCOC(=O)c1ccc(N(Cc2ccc(CP(=O)(OF)OF)c(Br)c2)c2nc(-c3ccc(C(=O)OC)cc3)cs2)cc1. The van der Waals surface area contributed by atoms with E-state index in [2.05, 4.69) is 25.4 Å². The predicted octanol–water partition coefficient (Wildman–Crippen LogP) is 8.37. The molecule has 0 aliphatic rings. The van der Waals surface area contributed by atoms with Gasteiger partial charge in [0.2, 0.25) is 0 Å². The highest BCUT2D eigenvalue weighted by atomic mass is 79.9. The van der Waals surface area contributed by atoms with Crippen LogP contribution in [0, 0.1) is 0 Å². The quantitative estimate of drug-likeness (QED) is 0.108. The van der Waals surface area contributed by atoms with Crippen LogP contribution in [-0.2, 0) is 36.2 Å². The number of hydrogen-bond acceptors (Lipinski definition) is 10. The highest BCUT2D eigenvalue weighted by molar-refractivity contribution is 9.10. The summed E-state index contributed by atoms with van der Waals surface area (Å²) in [5.74, 6) is -0.874. The number of halogens is 3. The minimum absolute atomic E-state index is 0.254. The molecule has 0 radical (unpaired) electrons. The maximum absolute atomic E-state index is 12.6. The molecule has 3 aromatic carbocycles. The Labute approximate surface area is 252 Å². The van der Waals surface area contributed by atoms with Gasteiger partial charge >= 0.3 is 19.5 Å². The number of carbonyl (C=O) groups is 2. The summed E-state index contributed by atoms with van der Waals surface area (Å²) in [6, 6.07) is 18.7. The molecule has 1 aromatic heterocycles. The summed E-state index contributed by atoms with van der Waals surface area (Å²) < 4.78 is 53.9. The molecule has 4 rings (SSSR count). The Morgan fingerprint density at radius 1 is 0.976 bits per heavy atom. The van der Waals surface area contributed by atoms with Crippen molar-refractivity contribution in [2.75, 3.05) is 18.6 Å². The van der Waals surface area contributed by atoms with Crippen LogP contribution in [0.2, 0.25) is 0 Å². The van der Waals surface area contributed by atoms with Crippen LogP contribution in [0.25, 0.3) is 11.3 Å². The molecule has 1 heterocycles. The molecule has 0 bridgehead atoms. The smallest absolute Gasteiger partial charge is 0.399 e. The lowest BCUT2D eigenvalue weighted by Gasteiger charge is -2.23. The molecular weight excluding hydrogens is 657 g/mol. The minimum atomic E-state index is -4.57. The zero-order valence-electron chi connectivity index (χ0n) is 22.3. The Morgan fingerprint density at radius 3 is 2.21 bits per heavy atom. The van der Waals surface area contributed by atoms with Crippen molar-refractivity contribution in [2.24, 2.45) is 0 Å². The average molecular weight is 681 g/mol. The van der Waals surface area contributed by atoms with Crippen molar-refractivity contribution in [3.63, 3.8) is 0 Å². The fourth-order valence-corrected chi connectivity index (χ4v) is 6.39. The number of rotatable bonds is 12. The second-order valence-corrected chi connectivity index (χ2v) is 12.3. The van der Waals surface area contributed by atoms with Crippen molar-refractivity contribution < 1.29 is 42.1 Å². The van der Waals surface area contributed by atoms with E-state index < -0.39 is 25.7 Å². The van der Waals surface area contributed by atoms with Crippen LogP contribution in [0.1, 0.15) is 38.8 Å². The number of anilines is 2. The average Bonchev–Trinajstić information content (AvgIpc) is 3.51. The highest BCUT2D eigenvalue weighted by Gasteiger charge is 2.29. The van der Waals surface area contributed by atoms with E-state index in [0.717, 1.165) is 16.8 Å². The molecule has 0 aliphatic heterocycles. The number of nitrogens with zero attached hydrogens (tertiary/aromatic N) is 2. The van der Waals surface area contributed by atoms with E-state index in [4.69, 9.17) is 14.5 Å². The molecule has 0 atom stereocenters. The molecule has 0 aliphatic carbocycles. The van der Waals surface area contributed by atoms with Gasteiger partial charge in [-0.25, -0.2) is 14.6 Å².